The molecule has 0 aliphatic carbocycles. The van der Waals surface area contributed by atoms with Crippen LogP contribution in [-0.4, -0.2) is 19.5 Å². The molecule has 0 aliphatic heterocycles. The van der Waals surface area contributed by atoms with E-state index in [9.17, 15) is 18.3 Å². The molecule has 0 amide bonds. The number of aliphatic hydroxyl groups is 1. The van der Waals surface area contributed by atoms with Crippen LogP contribution in [0.5, 0.6) is 0 Å². The van der Waals surface area contributed by atoms with Crippen LogP contribution in [0.25, 0.3) is 11.5 Å². The van der Waals surface area contributed by atoms with E-state index in [0.717, 1.165) is 12.1 Å². The number of hydrogen-bond acceptors (Lipinski definition) is 2. The molecule has 0 radical (unpaired) electrons. The predicted molar refractivity (Wildman–Crippen MR) is 83.8 cm³/mol. The number of hydrogen-bond donors (Lipinski definition) is 1. The van der Waals surface area contributed by atoms with E-state index in [2.05, 4.69) is 5.10 Å². The van der Waals surface area contributed by atoms with E-state index in [4.69, 9.17) is 23.2 Å². The van der Waals surface area contributed by atoms with Gasteiger partial charge in [-0.05, 0) is 24.3 Å². The Morgan fingerprint density at radius 1 is 1.08 bits per heavy atom. The first kappa shape index (κ1) is 16.9. The highest BCUT2D eigenvalue weighted by Crippen LogP contribution is 2.38. The number of halogens is 5. The number of aliphatic hydroxyl groups excluding tert-OH is 1. The zero-order chi connectivity index (χ0) is 17.5. The van der Waals surface area contributed by atoms with E-state index >= 15 is 0 Å². The van der Waals surface area contributed by atoms with Crippen molar-refractivity contribution in [3.05, 3.63) is 64.0 Å². The number of aromatic nitrogens is 3. The van der Waals surface area contributed by atoms with Crippen molar-refractivity contribution in [3.8, 4) is 11.5 Å². The van der Waals surface area contributed by atoms with Crippen LogP contribution in [0, 0.1) is 0 Å². The van der Waals surface area contributed by atoms with E-state index in [1.54, 1.807) is 29.1 Å². The van der Waals surface area contributed by atoms with Gasteiger partial charge < -0.3 is 9.67 Å². The van der Waals surface area contributed by atoms with Crippen molar-refractivity contribution in [1.82, 2.24) is 14.3 Å². The molecule has 9 heteroatoms. The summed E-state index contributed by atoms with van der Waals surface area (Å²) in [5.41, 5.74) is -0.369. The lowest BCUT2D eigenvalue weighted by molar-refractivity contribution is -0.137. The third-order valence-corrected chi connectivity index (χ3v) is 3.97. The molecule has 0 aliphatic rings. The highest BCUT2D eigenvalue weighted by atomic mass is 35.5. The lowest BCUT2D eigenvalue weighted by Gasteiger charge is -2.15. The van der Waals surface area contributed by atoms with Gasteiger partial charge in [-0.1, -0.05) is 23.2 Å². The Balaban J connectivity index is 2.23. The van der Waals surface area contributed by atoms with Crippen molar-refractivity contribution < 1.29 is 18.3 Å². The number of rotatable bonds is 3. The third kappa shape index (κ3) is 2.90. The van der Waals surface area contributed by atoms with Crippen molar-refractivity contribution in [1.29, 1.82) is 0 Å². The molecule has 0 unspecified atom stereocenters. The second-order valence-electron chi connectivity index (χ2n) is 4.94. The van der Waals surface area contributed by atoms with Crippen LogP contribution in [0.3, 0.4) is 0 Å². The van der Waals surface area contributed by atoms with Gasteiger partial charge >= 0.3 is 6.18 Å². The van der Waals surface area contributed by atoms with Gasteiger partial charge in [-0.3, -0.25) is 0 Å². The lowest BCUT2D eigenvalue weighted by Crippen LogP contribution is -2.10. The Hall–Kier alpha value is -1.96. The Labute approximate surface area is 144 Å². The van der Waals surface area contributed by atoms with Crippen LogP contribution in [0.1, 0.15) is 11.1 Å². The summed E-state index contributed by atoms with van der Waals surface area (Å²) in [7, 11) is 0. The number of benzene rings is 1. The molecule has 1 aromatic carbocycles. The van der Waals surface area contributed by atoms with Crippen LogP contribution >= 0.6 is 23.2 Å². The van der Waals surface area contributed by atoms with Gasteiger partial charge in [0.2, 0.25) is 0 Å². The van der Waals surface area contributed by atoms with Gasteiger partial charge in [-0.15, -0.1) is 0 Å². The molecule has 0 saturated heterocycles. The second kappa shape index (κ2) is 6.16. The highest BCUT2D eigenvalue weighted by Gasteiger charge is 2.32. The fourth-order valence-corrected chi connectivity index (χ4v) is 2.98. The van der Waals surface area contributed by atoms with Gasteiger partial charge in [0.25, 0.3) is 0 Å². The summed E-state index contributed by atoms with van der Waals surface area (Å²) in [6, 6.07) is 5.11. The average molecular weight is 376 g/mol. The van der Waals surface area contributed by atoms with Crippen molar-refractivity contribution in [3.63, 3.8) is 0 Å². The largest absolute Gasteiger partial charge is 0.416 e. The van der Waals surface area contributed by atoms with Crippen molar-refractivity contribution in [2.45, 2.75) is 12.8 Å². The lowest BCUT2D eigenvalue weighted by atomic mass is 10.2. The van der Waals surface area contributed by atoms with Crippen LogP contribution in [0.2, 0.25) is 10.0 Å². The topological polar surface area (TPSA) is 43.0 Å². The molecule has 3 rings (SSSR count). The zero-order valence-corrected chi connectivity index (χ0v) is 13.4. The van der Waals surface area contributed by atoms with E-state index in [1.165, 1.54) is 10.9 Å². The molecule has 4 nitrogen and oxygen atoms in total. The molecule has 0 bridgehead atoms. The van der Waals surface area contributed by atoms with Crippen molar-refractivity contribution in [2.24, 2.45) is 0 Å². The first-order valence-electron chi connectivity index (χ1n) is 6.70. The Morgan fingerprint density at radius 3 is 2.17 bits per heavy atom. The molecular formula is C15H10Cl2F3N3O. The first-order chi connectivity index (χ1) is 11.3. The summed E-state index contributed by atoms with van der Waals surface area (Å²) >= 11 is 12.1. The fraction of sp³-hybridized carbons (Fsp3) is 0.133. The van der Waals surface area contributed by atoms with Gasteiger partial charge in [0, 0.05) is 18.0 Å². The highest BCUT2D eigenvalue weighted by molar-refractivity contribution is 6.37. The molecule has 1 N–H and O–H groups in total. The maximum atomic E-state index is 12.9. The van der Waals surface area contributed by atoms with Gasteiger partial charge in [0.15, 0.2) is 0 Å². The maximum absolute atomic E-state index is 12.9. The number of nitrogens with zero attached hydrogens (tertiary/aromatic N) is 3. The minimum Gasteiger partial charge on any atom is -0.391 e. The molecule has 2 aromatic heterocycles. The summed E-state index contributed by atoms with van der Waals surface area (Å²) in [5, 5.41) is 13.2. The van der Waals surface area contributed by atoms with Crippen LogP contribution in [0.4, 0.5) is 13.2 Å². The van der Waals surface area contributed by atoms with Crippen LogP contribution in [0.15, 0.2) is 42.9 Å². The summed E-state index contributed by atoms with van der Waals surface area (Å²) in [5.74, 6) is 0.436. The second-order valence-corrected chi connectivity index (χ2v) is 5.75. The smallest absolute Gasteiger partial charge is 0.391 e. The normalized spacial score (nSPS) is 11.9. The SMILES string of the molecule is OCc1cnn(-c2c(Cl)cc(C(F)(F)F)cc2Cl)c1-n1cccc1. The monoisotopic (exact) mass is 375 g/mol. The molecule has 126 valence electrons. The van der Waals surface area contributed by atoms with Crippen LogP contribution < -0.4 is 0 Å². The van der Waals surface area contributed by atoms with Crippen molar-refractivity contribution in [2.75, 3.05) is 0 Å². The van der Waals surface area contributed by atoms with E-state index in [1.807, 2.05) is 0 Å². The summed E-state index contributed by atoms with van der Waals surface area (Å²) in [6.45, 7) is -0.302. The molecule has 2 heterocycles. The molecule has 0 atom stereocenters. The molecule has 24 heavy (non-hydrogen) atoms. The van der Waals surface area contributed by atoms with E-state index in [0.29, 0.717) is 11.4 Å². The minimum absolute atomic E-state index is 0.106. The van der Waals surface area contributed by atoms with Gasteiger partial charge in [0.1, 0.15) is 11.5 Å². The quantitative estimate of drug-likeness (QED) is 0.733. The van der Waals surface area contributed by atoms with Gasteiger partial charge in [0.05, 0.1) is 28.4 Å². The van der Waals surface area contributed by atoms with Crippen molar-refractivity contribution >= 4 is 23.2 Å². The Bertz CT molecular complexity index is 850. The average Bonchev–Trinajstić information content (AvgIpc) is 3.13. The molecule has 0 saturated carbocycles. The Kier molecular flexibility index (Phi) is 4.33. The third-order valence-electron chi connectivity index (χ3n) is 3.39. The molecule has 0 fully saturated rings. The van der Waals surface area contributed by atoms with E-state index < -0.39 is 11.7 Å². The van der Waals surface area contributed by atoms with Gasteiger partial charge in [-0.25, -0.2) is 4.68 Å². The first-order valence-corrected chi connectivity index (χ1v) is 7.46. The fourth-order valence-electron chi connectivity index (χ4n) is 2.33. The van der Waals surface area contributed by atoms with E-state index in [-0.39, 0.29) is 22.3 Å². The van der Waals surface area contributed by atoms with Crippen LogP contribution in [-0.2, 0) is 12.8 Å². The summed E-state index contributed by atoms with van der Waals surface area (Å²) in [4.78, 5) is 0. The minimum atomic E-state index is -4.56. The van der Waals surface area contributed by atoms with Gasteiger partial charge in [-0.2, -0.15) is 18.3 Å². The molecular weight excluding hydrogens is 366 g/mol. The standard InChI is InChI=1S/C15H10Cl2F3N3O/c16-11-5-10(15(18,19)20)6-12(17)13(11)23-14(9(8-24)7-21-23)22-3-1-2-4-22/h1-7,24H,8H2. The predicted octanol–water partition coefficient (Wildman–Crippen LogP) is 4.48. The zero-order valence-electron chi connectivity index (χ0n) is 11.9. The summed E-state index contributed by atoms with van der Waals surface area (Å²) in [6.07, 6.45) is 0.256. The number of alkyl halides is 3. The molecule has 3 aromatic rings. The summed E-state index contributed by atoms with van der Waals surface area (Å²) < 4.78 is 41.6. The molecule has 0 spiro atoms. The maximum Gasteiger partial charge on any atom is 0.416 e. The Morgan fingerprint density at radius 2 is 1.67 bits per heavy atom.